The number of ether oxygens (including phenoxy) is 4. The first-order valence-corrected chi connectivity index (χ1v) is 11.2. The number of nitrogen functional groups attached to an aromatic ring is 1. The van der Waals surface area contributed by atoms with Gasteiger partial charge in [-0.1, -0.05) is 0 Å². The van der Waals surface area contributed by atoms with Crippen molar-refractivity contribution in [2.45, 2.75) is 44.2 Å². The van der Waals surface area contributed by atoms with Crippen molar-refractivity contribution in [3.8, 4) is 5.75 Å². The van der Waals surface area contributed by atoms with E-state index in [0.717, 1.165) is 27.8 Å². The minimum Gasteiger partial charge on any atom is -0.491 e. The van der Waals surface area contributed by atoms with Crippen molar-refractivity contribution in [3.63, 3.8) is 0 Å². The highest BCUT2D eigenvalue weighted by molar-refractivity contribution is 5.87. The molecule has 4 atom stereocenters. The van der Waals surface area contributed by atoms with Gasteiger partial charge < -0.3 is 34.6 Å². The summed E-state index contributed by atoms with van der Waals surface area (Å²) in [4.78, 5) is 13.2. The minimum absolute atomic E-state index is 0.293. The fourth-order valence-corrected chi connectivity index (χ4v) is 4.77. The average molecular weight is 463 g/mol. The molecular weight excluding hydrogens is 436 g/mol. The third-order valence-corrected chi connectivity index (χ3v) is 6.24. The Morgan fingerprint density at radius 3 is 2.79 bits per heavy atom. The Bertz CT molecular complexity index is 1370. The van der Waals surface area contributed by atoms with E-state index in [2.05, 4.69) is 20.3 Å². The number of aromatic nitrogens is 4. The predicted octanol–water partition coefficient (Wildman–Crippen LogP) is 3.10. The summed E-state index contributed by atoms with van der Waals surface area (Å²) < 4.78 is 27.0. The van der Waals surface area contributed by atoms with Crippen LogP contribution in [-0.4, -0.2) is 57.3 Å². The second-order valence-electron chi connectivity index (χ2n) is 8.96. The highest BCUT2D eigenvalue weighted by Crippen LogP contribution is 2.44. The lowest BCUT2D eigenvalue weighted by molar-refractivity contribution is -0.198. The molecule has 0 radical (unpaired) electrons. The Kier molecular flexibility index (Phi) is 4.83. The van der Waals surface area contributed by atoms with E-state index >= 15 is 0 Å². The predicted molar refractivity (Wildman–Crippen MR) is 126 cm³/mol. The van der Waals surface area contributed by atoms with Crippen LogP contribution in [0.5, 0.6) is 5.75 Å². The smallest absolute Gasteiger partial charge is 0.164 e. The van der Waals surface area contributed by atoms with E-state index in [1.807, 2.05) is 62.0 Å². The number of fused-ring (bicyclic) bond motifs is 3. The minimum atomic E-state index is -0.728. The van der Waals surface area contributed by atoms with Gasteiger partial charge in [0.15, 0.2) is 12.0 Å². The van der Waals surface area contributed by atoms with E-state index in [1.54, 1.807) is 6.07 Å². The molecule has 1 aromatic carbocycles. The highest BCUT2D eigenvalue weighted by Gasteiger charge is 2.56. The van der Waals surface area contributed by atoms with Crippen LogP contribution in [0.3, 0.4) is 0 Å². The molecule has 3 aromatic heterocycles. The van der Waals surface area contributed by atoms with Crippen LogP contribution >= 0.6 is 0 Å². The zero-order valence-electron chi connectivity index (χ0n) is 19.1. The standard InChI is InChI=1S/C24H26N6O4/c1-24(2)33-19-17(11-31-14-6-4-13-5-7-18(25)29-16(13)10-14)32-23(20(19)34-24)30-9-8-15-21(26-3)27-12-28-22(15)30/h4-10,12,17,19-20,23H,11H2,1-3H3,(H2,25,29)(H,26,27,28)/t17-,19-,20-,23-/m1/s1. The van der Waals surface area contributed by atoms with Crippen molar-refractivity contribution in [3.05, 3.63) is 48.9 Å². The van der Waals surface area contributed by atoms with Crippen LogP contribution in [0.15, 0.2) is 48.9 Å². The van der Waals surface area contributed by atoms with E-state index in [-0.39, 0.29) is 18.3 Å². The van der Waals surface area contributed by atoms with Crippen LogP contribution in [0, 0.1) is 0 Å². The maximum absolute atomic E-state index is 6.45. The molecular formula is C24H26N6O4. The molecule has 0 unspecified atom stereocenters. The summed E-state index contributed by atoms with van der Waals surface area (Å²) in [5.74, 6) is 1.18. The van der Waals surface area contributed by atoms with E-state index in [4.69, 9.17) is 24.7 Å². The third kappa shape index (κ3) is 3.51. The average Bonchev–Trinajstić information content (AvgIpc) is 3.48. The van der Waals surface area contributed by atoms with Gasteiger partial charge in [0.2, 0.25) is 0 Å². The topological polar surface area (TPSA) is 119 Å². The zero-order valence-corrected chi connectivity index (χ0v) is 19.1. The second-order valence-corrected chi connectivity index (χ2v) is 8.96. The van der Waals surface area contributed by atoms with Gasteiger partial charge in [-0.3, -0.25) is 0 Å². The molecule has 5 heterocycles. The van der Waals surface area contributed by atoms with Gasteiger partial charge >= 0.3 is 0 Å². The van der Waals surface area contributed by atoms with Gasteiger partial charge in [-0.15, -0.1) is 0 Å². The van der Waals surface area contributed by atoms with E-state index in [1.165, 1.54) is 6.33 Å². The summed E-state index contributed by atoms with van der Waals surface area (Å²) >= 11 is 0. The van der Waals surface area contributed by atoms with Crippen molar-refractivity contribution in [1.82, 2.24) is 19.5 Å². The fraction of sp³-hybridized carbons (Fsp3) is 0.375. The van der Waals surface area contributed by atoms with Crippen molar-refractivity contribution >= 4 is 33.6 Å². The molecule has 176 valence electrons. The molecule has 4 aromatic rings. The molecule has 2 aliphatic rings. The van der Waals surface area contributed by atoms with Crippen LogP contribution in [0.25, 0.3) is 21.9 Å². The summed E-state index contributed by atoms with van der Waals surface area (Å²) in [7, 11) is 1.83. The van der Waals surface area contributed by atoms with E-state index in [0.29, 0.717) is 18.2 Å². The Hall–Kier alpha value is -3.47. The Morgan fingerprint density at radius 1 is 1.12 bits per heavy atom. The fourth-order valence-electron chi connectivity index (χ4n) is 4.77. The molecule has 0 bridgehead atoms. The number of anilines is 2. The van der Waals surface area contributed by atoms with Crippen LogP contribution in [0.2, 0.25) is 0 Å². The summed E-state index contributed by atoms with van der Waals surface area (Å²) in [6.07, 6.45) is 2.11. The van der Waals surface area contributed by atoms with Gasteiger partial charge in [-0.05, 0) is 44.2 Å². The van der Waals surface area contributed by atoms with Crippen LogP contribution in [0.1, 0.15) is 20.1 Å². The van der Waals surface area contributed by atoms with Gasteiger partial charge in [0.05, 0.1) is 10.9 Å². The molecule has 3 N–H and O–H groups in total. The molecule has 2 aliphatic heterocycles. The highest BCUT2D eigenvalue weighted by atomic mass is 16.8. The number of hydrogen-bond donors (Lipinski definition) is 2. The van der Waals surface area contributed by atoms with Crippen LogP contribution in [0.4, 0.5) is 11.6 Å². The quantitative estimate of drug-likeness (QED) is 0.461. The summed E-state index contributed by atoms with van der Waals surface area (Å²) in [6, 6.07) is 11.4. The van der Waals surface area contributed by atoms with Gasteiger partial charge in [-0.25, -0.2) is 15.0 Å². The molecule has 2 fully saturated rings. The molecule has 2 saturated heterocycles. The molecule has 10 heteroatoms. The lowest BCUT2D eigenvalue weighted by atomic mass is 10.1. The number of nitrogens with one attached hydrogen (secondary N) is 1. The number of rotatable bonds is 5. The molecule has 10 nitrogen and oxygen atoms in total. The number of nitrogens with two attached hydrogens (primary N) is 1. The number of hydrogen-bond acceptors (Lipinski definition) is 9. The van der Waals surface area contributed by atoms with Gasteiger partial charge in [0.25, 0.3) is 0 Å². The zero-order chi connectivity index (χ0) is 23.4. The summed E-state index contributed by atoms with van der Waals surface area (Å²) in [5, 5.41) is 5.01. The molecule has 0 saturated carbocycles. The summed E-state index contributed by atoms with van der Waals surface area (Å²) in [5.41, 5.74) is 7.37. The van der Waals surface area contributed by atoms with Crippen molar-refractivity contribution in [1.29, 1.82) is 0 Å². The maximum atomic E-state index is 6.45. The Labute approximate surface area is 196 Å². The third-order valence-electron chi connectivity index (χ3n) is 6.24. The number of benzene rings is 1. The Balaban J connectivity index is 1.27. The Morgan fingerprint density at radius 2 is 1.94 bits per heavy atom. The SMILES string of the molecule is CNc1ncnc2c1ccn2[C@@H]1O[C@H](COc2ccc3ccc(N)nc3c2)[C@H]2OC(C)(C)O[C@H]21. The summed E-state index contributed by atoms with van der Waals surface area (Å²) in [6.45, 7) is 4.12. The number of nitrogens with zero attached hydrogens (tertiary/aromatic N) is 4. The van der Waals surface area contributed by atoms with Crippen LogP contribution in [-0.2, 0) is 14.2 Å². The first-order chi connectivity index (χ1) is 16.4. The van der Waals surface area contributed by atoms with Crippen molar-refractivity contribution in [2.24, 2.45) is 0 Å². The lowest BCUT2D eigenvalue weighted by Gasteiger charge is -2.25. The molecule has 6 rings (SSSR count). The monoisotopic (exact) mass is 462 g/mol. The first kappa shape index (κ1) is 21.1. The van der Waals surface area contributed by atoms with Crippen LogP contribution < -0.4 is 15.8 Å². The second kappa shape index (κ2) is 7.79. The number of pyridine rings is 1. The molecule has 0 aliphatic carbocycles. The van der Waals surface area contributed by atoms with E-state index < -0.39 is 12.0 Å². The largest absolute Gasteiger partial charge is 0.491 e. The lowest BCUT2D eigenvalue weighted by Crippen LogP contribution is -2.33. The van der Waals surface area contributed by atoms with Crippen molar-refractivity contribution in [2.75, 3.05) is 24.7 Å². The normalized spacial score (nSPS) is 25.6. The molecule has 0 amide bonds. The van der Waals surface area contributed by atoms with Crippen molar-refractivity contribution < 1.29 is 18.9 Å². The first-order valence-electron chi connectivity index (χ1n) is 11.2. The van der Waals surface area contributed by atoms with E-state index in [9.17, 15) is 0 Å². The van der Waals surface area contributed by atoms with Gasteiger partial charge in [-0.2, -0.15) is 0 Å². The van der Waals surface area contributed by atoms with Gasteiger partial charge in [0.1, 0.15) is 54.3 Å². The molecule has 34 heavy (non-hydrogen) atoms. The molecule has 0 spiro atoms. The van der Waals surface area contributed by atoms with Gasteiger partial charge in [0, 0.05) is 24.7 Å². The maximum Gasteiger partial charge on any atom is 0.164 e.